The van der Waals surface area contributed by atoms with Gasteiger partial charge in [-0.05, 0) is 69.9 Å². The van der Waals surface area contributed by atoms with Crippen LogP contribution >= 0.6 is 0 Å². The number of piperidine rings is 1. The van der Waals surface area contributed by atoms with Crippen LogP contribution in [0.2, 0.25) is 0 Å². The third-order valence-corrected chi connectivity index (χ3v) is 9.85. The number of likely N-dealkylation sites (tertiary alicyclic amines) is 1. The summed E-state index contributed by atoms with van der Waals surface area (Å²) >= 11 is 0. The number of hydrogen-bond acceptors (Lipinski definition) is 9. The van der Waals surface area contributed by atoms with Crippen LogP contribution < -0.4 is 10.0 Å². The highest BCUT2D eigenvalue weighted by Gasteiger charge is 2.27. The first-order valence-corrected chi connectivity index (χ1v) is 17.0. The zero-order valence-electron chi connectivity index (χ0n) is 25.5. The molecule has 13 heteroatoms. The fraction of sp³-hybridized carbons (Fsp3) is 0.548. The summed E-state index contributed by atoms with van der Waals surface area (Å²) in [5, 5.41) is 19.1. The van der Waals surface area contributed by atoms with Crippen LogP contribution in [0.5, 0.6) is 0 Å². The van der Waals surface area contributed by atoms with Crippen molar-refractivity contribution in [3.63, 3.8) is 0 Å². The lowest BCUT2D eigenvalue weighted by Gasteiger charge is -2.31. The molecule has 3 N–H and O–H groups in total. The second-order valence-electron chi connectivity index (χ2n) is 11.8. The van der Waals surface area contributed by atoms with Crippen LogP contribution in [-0.4, -0.2) is 76.5 Å². The molecule has 0 bridgehead atoms. The normalized spacial score (nSPS) is 19.7. The average Bonchev–Trinajstić information content (AvgIpc) is 3.39. The van der Waals surface area contributed by atoms with Gasteiger partial charge in [0.15, 0.2) is 5.65 Å². The lowest BCUT2D eigenvalue weighted by molar-refractivity contribution is 0.109. The molecular weight excluding hydrogens is 582 g/mol. The Morgan fingerprint density at radius 2 is 1.82 bits per heavy atom. The maximum Gasteiger partial charge on any atom is 0.414 e. The number of carbonyl (C=O) groups is 1. The molecule has 1 saturated heterocycles. The van der Waals surface area contributed by atoms with Crippen molar-refractivity contribution in [2.45, 2.75) is 82.3 Å². The molecule has 1 amide bonds. The van der Waals surface area contributed by atoms with E-state index in [2.05, 4.69) is 28.5 Å². The number of ether oxygens (including phenoxy) is 1. The molecular formula is C31H43N7O5S. The molecule has 5 rings (SSSR count). The monoisotopic (exact) mass is 625 g/mol. The molecule has 44 heavy (non-hydrogen) atoms. The minimum Gasteiger partial charge on any atom is -0.416 e. The Morgan fingerprint density at radius 3 is 2.48 bits per heavy atom. The molecule has 238 valence electrons. The van der Waals surface area contributed by atoms with E-state index in [0.717, 1.165) is 48.8 Å². The fourth-order valence-electron chi connectivity index (χ4n) is 5.79. The summed E-state index contributed by atoms with van der Waals surface area (Å²) in [4.78, 5) is 23.2. The first-order valence-electron chi connectivity index (χ1n) is 15.5. The number of aliphatic hydroxyl groups is 1. The predicted octanol–water partition coefficient (Wildman–Crippen LogP) is 4.84. The topological polar surface area (TPSA) is 152 Å². The molecule has 2 aliphatic rings. The highest BCUT2D eigenvalue weighted by atomic mass is 32.2. The number of benzene rings is 1. The van der Waals surface area contributed by atoms with Gasteiger partial charge < -0.3 is 20.1 Å². The number of sulfonamides is 1. The van der Waals surface area contributed by atoms with Gasteiger partial charge in [-0.25, -0.2) is 27.6 Å². The number of aliphatic hydroxyl groups excluding tert-OH is 1. The zero-order chi connectivity index (χ0) is 31.3. The van der Waals surface area contributed by atoms with Crippen molar-refractivity contribution in [3.05, 3.63) is 42.8 Å². The summed E-state index contributed by atoms with van der Waals surface area (Å²) in [7, 11) is -3.73. The number of nitrogens with zero attached hydrogens (tertiary/aromatic N) is 5. The van der Waals surface area contributed by atoms with E-state index in [9.17, 15) is 18.3 Å². The van der Waals surface area contributed by atoms with E-state index in [0.29, 0.717) is 62.7 Å². The number of unbranched alkanes of at least 4 members (excludes halogenated alkanes) is 1. The van der Waals surface area contributed by atoms with E-state index in [-0.39, 0.29) is 23.0 Å². The molecule has 0 unspecified atom stereocenters. The second-order valence-corrected chi connectivity index (χ2v) is 13.6. The number of allylic oxidation sites excluding steroid dienone is 1. The van der Waals surface area contributed by atoms with Gasteiger partial charge >= 0.3 is 6.09 Å². The number of hydrogen-bond donors (Lipinski definition) is 3. The van der Waals surface area contributed by atoms with Crippen LogP contribution in [0.25, 0.3) is 22.3 Å². The minimum absolute atomic E-state index is 0.112. The largest absolute Gasteiger partial charge is 0.416 e. The summed E-state index contributed by atoms with van der Waals surface area (Å²) < 4.78 is 36.1. The number of rotatable bonds is 11. The molecule has 0 atom stereocenters. The Balaban J connectivity index is 1.29. The maximum absolute atomic E-state index is 13.1. The Labute approximate surface area is 259 Å². The molecule has 12 nitrogen and oxygen atoms in total. The van der Waals surface area contributed by atoms with Crippen LogP contribution in [0.3, 0.4) is 0 Å². The Kier molecular flexibility index (Phi) is 10.2. The highest BCUT2D eigenvalue weighted by molar-refractivity contribution is 7.89. The van der Waals surface area contributed by atoms with Crippen molar-refractivity contribution >= 4 is 33.1 Å². The van der Waals surface area contributed by atoms with E-state index >= 15 is 0 Å². The maximum atomic E-state index is 13.1. The number of carbonyl (C=O) groups excluding carboxylic acids is 1. The van der Waals surface area contributed by atoms with Gasteiger partial charge in [-0.3, -0.25) is 0 Å². The molecule has 1 aliphatic carbocycles. The Bertz CT molecular complexity index is 1560. The van der Waals surface area contributed by atoms with Crippen molar-refractivity contribution in [3.8, 4) is 11.3 Å². The van der Waals surface area contributed by atoms with E-state index in [4.69, 9.17) is 14.8 Å². The summed E-state index contributed by atoms with van der Waals surface area (Å²) in [5.74, 6) is 1.02. The highest BCUT2D eigenvalue weighted by Crippen LogP contribution is 2.35. The zero-order valence-corrected chi connectivity index (χ0v) is 26.4. The van der Waals surface area contributed by atoms with Gasteiger partial charge in [-0.15, -0.1) is 0 Å². The van der Waals surface area contributed by atoms with Crippen molar-refractivity contribution in [1.82, 2.24) is 29.4 Å². The first-order chi connectivity index (χ1) is 21.1. The summed E-state index contributed by atoms with van der Waals surface area (Å²) in [6.07, 6.45) is 7.57. The number of nitrogens with one attached hydrogen (secondary N) is 2. The Morgan fingerprint density at radius 1 is 1.11 bits per heavy atom. The van der Waals surface area contributed by atoms with Gasteiger partial charge in [0.05, 0.1) is 28.2 Å². The third kappa shape index (κ3) is 7.56. The van der Waals surface area contributed by atoms with E-state index in [1.807, 2.05) is 4.68 Å². The minimum atomic E-state index is -3.73. The van der Waals surface area contributed by atoms with Gasteiger partial charge in [0.2, 0.25) is 16.0 Å². The van der Waals surface area contributed by atoms with Gasteiger partial charge in [0, 0.05) is 37.9 Å². The average molecular weight is 626 g/mol. The van der Waals surface area contributed by atoms with Crippen LogP contribution in [-0.2, 0) is 14.8 Å². The van der Waals surface area contributed by atoms with E-state index in [1.165, 1.54) is 0 Å². The Hall–Kier alpha value is -3.55. The predicted molar refractivity (Wildman–Crippen MR) is 168 cm³/mol. The molecule has 0 spiro atoms. The third-order valence-electron chi connectivity index (χ3n) is 8.41. The van der Waals surface area contributed by atoms with Crippen molar-refractivity contribution in [2.75, 3.05) is 31.5 Å². The number of aromatic nitrogens is 4. The lowest BCUT2D eigenvalue weighted by Crippen LogP contribution is -2.41. The first kappa shape index (κ1) is 31.9. The standard InChI is InChI=1S/C31H43N7O5S/c1-4-5-16-32-30-33-20-27-28(36-38(29(27)35-30)24-8-10-25(39)11-9-24)23-6-12-26(13-7-23)44(41,42)34-19-22-14-17-37(18-15-22)31(40)43-21(2)3/h6-7,12-13,20,22,24-25,34,39H,2,4-5,8-11,14-19H2,1,3H3,(H,32,33,35)/t24-,25-. The SMILES string of the molecule is C=C(C)OC(=O)N1CCC(CNS(=O)(=O)c2ccc(-c3nn([C@H]4CC[C@H](O)CC4)c4nc(NCCCC)ncc34)cc2)CC1. The fourth-order valence-corrected chi connectivity index (χ4v) is 6.91. The van der Waals surface area contributed by atoms with Gasteiger partial charge in [0.1, 0.15) is 5.69 Å². The lowest BCUT2D eigenvalue weighted by atomic mass is 9.93. The van der Waals surface area contributed by atoms with E-state index < -0.39 is 16.1 Å². The quantitative estimate of drug-likeness (QED) is 0.201. The second kappa shape index (κ2) is 14.0. The van der Waals surface area contributed by atoms with Crippen LogP contribution in [0.1, 0.15) is 71.3 Å². The smallest absolute Gasteiger partial charge is 0.414 e. The summed E-state index contributed by atoms with van der Waals surface area (Å²) in [5.41, 5.74) is 2.20. The van der Waals surface area contributed by atoms with Crippen LogP contribution in [0.4, 0.5) is 10.7 Å². The van der Waals surface area contributed by atoms with Crippen LogP contribution in [0.15, 0.2) is 47.7 Å². The van der Waals surface area contributed by atoms with Crippen LogP contribution in [0, 0.1) is 5.92 Å². The van der Waals surface area contributed by atoms with Crippen molar-refractivity contribution in [1.29, 1.82) is 0 Å². The molecule has 1 aromatic carbocycles. The molecule has 2 fully saturated rings. The molecule has 3 heterocycles. The molecule has 1 aliphatic heterocycles. The molecule has 0 radical (unpaired) electrons. The molecule has 1 saturated carbocycles. The summed E-state index contributed by atoms with van der Waals surface area (Å²) in [6, 6.07) is 6.84. The van der Waals surface area contributed by atoms with E-state index in [1.54, 1.807) is 42.3 Å². The van der Waals surface area contributed by atoms with Crippen molar-refractivity contribution < 1.29 is 23.1 Å². The van der Waals surface area contributed by atoms with Gasteiger partial charge in [-0.2, -0.15) is 10.1 Å². The van der Waals surface area contributed by atoms with Gasteiger partial charge in [0.25, 0.3) is 0 Å². The molecule has 3 aromatic rings. The molecule has 2 aromatic heterocycles. The number of fused-ring (bicyclic) bond motifs is 1. The number of amides is 1. The van der Waals surface area contributed by atoms with Gasteiger partial charge in [-0.1, -0.05) is 32.1 Å². The van der Waals surface area contributed by atoms with Crippen molar-refractivity contribution in [2.24, 2.45) is 5.92 Å². The number of anilines is 1. The summed E-state index contributed by atoms with van der Waals surface area (Å²) in [6.45, 7) is 9.45.